The van der Waals surface area contributed by atoms with E-state index in [1.54, 1.807) is 0 Å². The number of ether oxygens (including phenoxy) is 3. The van der Waals surface area contributed by atoms with Crippen molar-refractivity contribution in [3.05, 3.63) is 348 Å². The van der Waals surface area contributed by atoms with E-state index < -0.39 is 0 Å². The highest BCUT2D eigenvalue weighted by Gasteiger charge is 2.50. The zero-order valence-corrected chi connectivity index (χ0v) is 56.4. The Morgan fingerprint density at radius 3 is 1.18 bits per heavy atom. The molecule has 0 amide bonds. The van der Waals surface area contributed by atoms with Crippen LogP contribution in [0.2, 0.25) is 0 Å². The normalized spacial score (nSPS) is 17.6. The molecule has 3 heterocycles. The van der Waals surface area contributed by atoms with Gasteiger partial charge < -0.3 is 28.9 Å². The van der Waals surface area contributed by atoms with Gasteiger partial charge in [0.15, 0.2) is 28.8 Å². The number of para-hydroxylation sites is 3. The van der Waals surface area contributed by atoms with E-state index in [1.807, 2.05) is 0 Å². The van der Waals surface area contributed by atoms with Crippen molar-refractivity contribution in [1.29, 1.82) is 0 Å². The molecule has 21 rings (SSSR count). The van der Waals surface area contributed by atoms with E-state index in [0.29, 0.717) is 5.75 Å². The maximum absolute atomic E-state index is 7.61. The van der Waals surface area contributed by atoms with Crippen molar-refractivity contribution in [1.82, 2.24) is 0 Å². The van der Waals surface area contributed by atoms with Gasteiger partial charge in [-0.25, -0.2) is 0 Å². The van der Waals surface area contributed by atoms with Crippen LogP contribution in [0.15, 0.2) is 314 Å². The minimum absolute atomic E-state index is 0.152. The Kier molecular flexibility index (Phi) is 11.7. The summed E-state index contributed by atoms with van der Waals surface area (Å²) in [6.45, 7) is 14.1. The van der Waals surface area contributed by atoms with Gasteiger partial charge >= 0.3 is 0 Å². The zero-order chi connectivity index (χ0) is 66.7. The molecule has 2 unspecified atom stereocenters. The molecule has 0 N–H and O–H groups in total. The van der Waals surface area contributed by atoms with Crippen LogP contribution in [0, 0.1) is 11.8 Å². The van der Waals surface area contributed by atoms with E-state index in [4.69, 9.17) is 14.2 Å². The lowest BCUT2D eigenvalue weighted by Crippen LogP contribution is -2.39. The Morgan fingerprint density at radius 2 is 0.710 bits per heavy atom. The topological polar surface area (TPSA) is 40.6 Å². The monoisotopic (exact) mass is 1290 g/mol. The minimum atomic E-state index is -0.180. The SMILES string of the molecule is CC1(C)c2ccccc2-c2ccc(N(C3=CC4C=C5Oc6c7c(cc8cc(N(c9ccccc9)c9ccc%10c(c9)C(C)(C)c9ccccc9-%10)ccc68)Oc6c8c(cc9cc(N(c%10ccccc%10)c%10ccc%11c(c%10)C(C)(C)c%10ccccc%10-%11)ccc69)OC(=C5N78)C4C=C3)c3ccccc3)cc21. The summed E-state index contributed by atoms with van der Waals surface area (Å²) >= 11 is 0. The molecule has 0 saturated carbocycles. The van der Waals surface area contributed by atoms with E-state index in [2.05, 4.69) is 352 Å². The average molecular weight is 1290 g/mol. The van der Waals surface area contributed by atoms with Crippen LogP contribution in [0.25, 0.3) is 54.9 Å². The summed E-state index contributed by atoms with van der Waals surface area (Å²) < 4.78 is 22.8. The number of hydrogen-bond acceptors (Lipinski definition) is 7. The van der Waals surface area contributed by atoms with Crippen LogP contribution >= 0.6 is 0 Å². The fraction of sp³-hybridized carbons (Fsp3) is 0.118. The second kappa shape index (κ2) is 20.5. The highest BCUT2D eigenvalue weighted by atomic mass is 16.5. The van der Waals surface area contributed by atoms with Gasteiger partial charge in [0.2, 0.25) is 0 Å². The summed E-state index contributed by atoms with van der Waals surface area (Å²) in [6, 6.07) is 98.0. The molecular formula is C93H68N4O3. The summed E-state index contributed by atoms with van der Waals surface area (Å²) in [4.78, 5) is 9.61. The molecule has 0 bridgehead atoms. The standard InChI is InChI=1S/C93H68N4O3/c1-91(2)76-31-19-16-28-70(76)73-43-37-64(52-79(73)91)94(58-22-10-7-11-23-58)61-34-40-67-55(46-61)49-82-85-88(67)99-83-50-56-47-63(96(60-26-14-9-15-27-60)66-39-45-75-72-30-18-21-33-78(72)93(5,6)81(75)54-66)36-42-69(56)90-86(83)97(85)87-84(100-90)51-57-48-62(35-41-68(57)89(87)98-82)95(59-24-12-8-13-25-59)65-38-44-74-71-29-17-20-32-77(71)92(3,4)80(74)53-65/h7-55,67H,1-6H3. The first-order valence-corrected chi connectivity index (χ1v) is 35.0. The number of hydrogen-bond donors (Lipinski definition) is 0. The van der Waals surface area contributed by atoms with E-state index in [-0.39, 0.29) is 28.1 Å². The smallest absolute Gasteiger partial charge is 0.163 e. The molecular weight excluding hydrogens is 1220 g/mol. The van der Waals surface area contributed by atoms with Gasteiger partial charge in [0.1, 0.15) is 22.8 Å². The van der Waals surface area contributed by atoms with Gasteiger partial charge in [-0.3, -0.25) is 4.90 Å². The van der Waals surface area contributed by atoms with Gasteiger partial charge in [-0.05, 0) is 211 Å². The summed E-state index contributed by atoms with van der Waals surface area (Å²) in [6.07, 6.45) is 9.42. The average Bonchev–Trinajstić information content (AvgIpc) is 1.02. The van der Waals surface area contributed by atoms with Crippen molar-refractivity contribution in [2.24, 2.45) is 11.8 Å². The lowest BCUT2D eigenvalue weighted by Gasteiger charge is -2.47. The predicted octanol–water partition coefficient (Wildman–Crippen LogP) is 24.5. The van der Waals surface area contributed by atoms with Crippen LogP contribution in [-0.4, -0.2) is 0 Å². The Bertz CT molecular complexity index is 5900. The summed E-state index contributed by atoms with van der Waals surface area (Å²) in [7, 11) is 0. The van der Waals surface area contributed by atoms with Crippen LogP contribution in [-0.2, 0) is 16.2 Å². The third-order valence-corrected chi connectivity index (χ3v) is 23.0. The minimum Gasteiger partial charge on any atom is -0.456 e. The zero-order valence-electron chi connectivity index (χ0n) is 56.4. The van der Waals surface area contributed by atoms with Crippen LogP contribution in [0.5, 0.6) is 23.0 Å². The molecule has 0 aromatic heterocycles. The predicted molar refractivity (Wildman–Crippen MR) is 408 cm³/mol. The fourth-order valence-electron chi connectivity index (χ4n) is 18.2. The number of benzene rings is 13. The first-order valence-electron chi connectivity index (χ1n) is 35.0. The highest BCUT2D eigenvalue weighted by Crippen LogP contribution is 2.67. The Labute approximate surface area is 582 Å². The van der Waals surface area contributed by atoms with Crippen molar-refractivity contribution in [3.63, 3.8) is 0 Å². The van der Waals surface area contributed by atoms with Crippen LogP contribution in [0.4, 0.5) is 56.9 Å². The molecule has 0 spiro atoms. The van der Waals surface area contributed by atoms with Gasteiger partial charge in [0, 0.05) is 90.0 Å². The van der Waals surface area contributed by atoms with Crippen molar-refractivity contribution >= 4 is 78.4 Å². The van der Waals surface area contributed by atoms with Gasteiger partial charge in [0.05, 0.1) is 0 Å². The molecule has 5 aliphatic carbocycles. The molecule has 13 aromatic rings. The van der Waals surface area contributed by atoms with E-state index in [9.17, 15) is 0 Å². The summed E-state index contributed by atoms with van der Waals surface area (Å²) in [5, 5.41) is 3.94. The number of anilines is 10. The second-order valence-electron chi connectivity index (χ2n) is 29.6. The van der Waals surface area contributed by atoms with Gasteiger partial charge in [-0.15, -0.1) is 0 Å². The Balaban J connectivity index is 0.738. The van der Waals surface area contributed by atoms with Crippen molar-refractivity contribution < 1.29 is 14.2 Å². The highest BCUT2D eigenvalue weighted by molar-refractivity contribution is 6.09. The van der Waals surface area contributed by atoms with Crippen LogP contribution in [0.1, 0.15) is 74.9 Å². The largest absolute Gasteiger partial charge is 0.456 e. The van der Waals surface area contributed by atoms with Crippen molar-refractivity contribution in [2.75, 3.05) is 19.6 Å². The van der Waals surface area contributed by atoms with Gasteiger partial charge in [-0.2, -0.15) is 0 Å². The molecule has 3 aliphatic heterocycles. The molecule has 13 aromatic carbocycles. The third-order valence-electron chi connectivity index (χ3n) is 23.0. The summed E-state index contributed by atoms with van der Waals surface area (Å²) in [5.74, 6) is 4.19. The molecule has 0 saturated heterocycles. The number of allylic oxidation sites excluding steroid dienone is 4. The first-order chi connectivity index (χ1) is 48.8. The molecule has 7 nitrogen and oxygen atoms in total. The molecule has 100 heavy (non-hydrogen) atoms. The molecule has 0 radical (unpaired) electrons. The second-order valence-corrected chi connectivity index (χ2v) is 29.6. The van der Waals surface area contributed by atoms with Crippen LogP contribution < -0.4 is 33.8 Å². The van der Waals surface area contributed by atoms with E-state index >= 15 is 0 Å². The third kappa shape index (κ3) is 7.97. The number of rotatable bonds is 9. The fourth-order valence-corrected chi connectivity index (χ4v) is 18.2. The summed E-state index contributed by atoms with van der Waals surface area (Å²) in [5.41, 5.74) is 27.5. The molecule has 8 aliphatic rings. The first kappa shape index (κ1) is 57.1. The molecule has 0 fully saturated rings. The van der Waals surface area contributed by atoms with Crippen molar-refractivity contribution in [3.8, 4) is 56.4 Å². The maximum Gasteiger partial charge on any atom is 0.163 e. The van der Waals surface area contributed by atoms with Crippen molar-refractivity contribution in [2.45, 2.75) is 57.8 Å². The number of nitrogens with zero attached hydrogens (tertiary/aromatic N) is 4. The quantitative estimate of drug-likeness (QED) is 0.143. The van der Waals surface area contributed by atoms with Gasteiger partial charge in [-0.1, -0.05) is 199 Å². The number of fused-ring (bicyclic) bond motifs is 15. The maximum atomic E-state index is 7.61. The molecule has 2 atom stereocenters. The lowest BCUT2D eigenvalue weighted by molar-refractivity contribution is 0.303. The Morgan fingerprint density at radius 1 is 0.330 bits per heavy atom. The lowest BCUT2D eigenvalue weighted by atomic mass is 9.79. The molecule has 7 heteroatoms. The van der Waals surface area contributed by atoms with Crippen LogP contribution in [0.3, 0.4) is 0 Å². The Hall–Kier alpha value is -12.1. The van der Waals surface area contributed by atoms with E-state index in [0.717, 1.165) is 119 Å². The van der Waals surface area contributed by atoms with E-state index in [1.165, 1.54) is 66.8 Å². The van der Waals surface area contributed by atoms with Gasteiger partial charge in [0.25, 0.3) is 0 Å². The molecule has 478 valence electrons.